The molecule has 0 radical (unpaired) electrons. The summed E-state index contributed by atoms with van der Waals surface area (Å²) in [6.45, 7) is 3.17. The first kappa shape index (κ1) is 18.3. The summed E-state index contributed by atoms with van der Waals surface area (Å²) in [4.78, 5) is 28.7. The molecule has 1 aromatic heterocycles. The van der Waals surface area contributed by atoms with Gasteiger partial charge in [-0.05, 0) is 30.7 Å². The average Bonchev–Trinajstić information content (AvgIpc) is 2.65. The molecule has 5 heteroatoms. The maximum Gasteiger partial charge on any atom is 0.226 e. The van der Waals surface area contributed by atoms with E-state index in [9.17, 15) is 9.59 Å². The van der Waals surface area contributed by atoms with Crippen molar-refractivity contribution in [2.75, 3.05) is 6.61 Å². The van der Waals surface area contributed by atoms with Gasteiger partial charge in [0.1, 0.15) is 6.61 Å². The van der Waals surface area contributed by atoms with Crippen LogP contribution in [0.25, 0.3) is 22.0 Å². The number of halogens is 1. The van der Waals surface area contributed by atoms with Crippen LogP contribution in [-0.2, 0) is 4.79 Å². The highest BCUT2D eigenvalue weighted by atomic mass is 79.9. The van der Waals surface area contributed by atoms with Crippen LogP contribution in [0.4, 0.5) is 0 Å². The number of hydrogen-bond donors (Lipinski definition) is 0. The highest BCUT2D eigenvalue weighted by Crippen LogP contribution is 2.37. The molecule has 3 aromatic rings. The third kappa shape index (κ3) is 3.68. The quantitative estimate of drug-likeness (QED) is 0.521. The van der Waals surface area contributed by atoms with Crippen molar-refractivity contribution in [3.63, 3.8) is 0 Å². The zero-order chi connectivity index (χ0) is 18.7. The molecule has 0 aliphatic carbocycles. The van der Waals surface area contributed by atoms with Gasteiger partial charge in [0.2, 0.25) is 5.88 Å². The number of Topliss-reactive ketones (excluding diaryl/α,β-unsaturated/α-hetero) is 2. The first-order valence-electron chi connectivity index (χ1n) is 8.35. The lowest BCUT2D eigenvalue weighted by Crippen LogP contribution is -2.13. The van der Waals surface area contributed by atoms with Crippen LogP contribution in [0.2, 0.25) is 0 Å². The molecular formula is C21H18BrNO3. The second-order valence-corrected chi connectivity index (χ2v) is 6.85. The fraction of sp³-hybridized carbons (Fsp3) is 0.190. The Balaban J connectivity index is 2.31. The van der Waals surface area contributed by atoms with E-state index >= 15 is 0 Å². The molecule has 0 N–H and O–H groups in total. The Hall–Kier alpha value is -2.53. The predicted molar refractivity (Wildman–Crippen MR) is 106 cm³/mol. The number of ketones is 2. The summed E-state index contributed by atoms with van der Waals surface area (Å²) in [6.07, 6.45) is 0.376. The minimum absolute atomic E-state index is 0.0431. The predicted octanol–water partition coefficient (Wildman–Crippen LogP) is 5.22. The Morgan fingerprint density at radius 3 is 2.50 bits per heavy atom. The Bertz CT molecular complexity index is 983. The first-order chi connectivity index (χ1) is 12.5. The zero-order valence-corrected chi connectivity index (χ0v) is 16.2. The number of rotatable bonds is 6. The van der Waals surface area contributed by atoms with Crippen LogP contribution in [0.15, 0.2) is 53.0 Å². The van der Waals surface area contributed by atoms with Gasteiger partial charge in [0.05, 0.1) is 11.1 Å². The van der Waals surface area contributed by atoms with Crippen LogP contribution in [-0.4, -0.2) is 23.2 Å². The van der Waals surface area contributed by atoms with Gasteiger partial charge in [0.15, 0.2) is 11.6 Å². The van der Waals surface area contributed by atoms with Crippen LogP contribution in [0.5, 0.6) is 5.88 Å². The van der Waals surface area contributed by atoms with Crippen LogP contribution in [0, 0.1) is 0 Å². The molecule has 0 spiro atoms. The molecule has 132 valence electrons. The number of carbonyl (C=O) groups is 2. The van der Waals surface area contributed by atoms with E-state index in [0.717, 1.165) is 21.0 Å². The molecule has 1 heterocycles. The van der Waals surface area contributed by atoms with Crippen molar-refractivity contribution in [2.24, 2.45) is 0 Å². The van der Waals surface area contributed by atoms with E-state index in [1.807, 2.05) is 48.5 Å². The molecule has 26 heavy (non-hydrogen) atoms. The number of carbonyl (C=O) groups excluding carboxylic acids is 2. The summed E-state index contributed by atoms with van der Waals surface area (Å²) in [5.74, 6) is 0.00335. The molecule has 2 aromatic carbocycles. The second-order valence-electron chi connectivity index (χ2n) is 5.93. The van der Waals surface area contributed by atoms with Gasteiger partial charge in [-0.2, -0.15) is 0 Å². The smallest absolute Gasteiger partial charge is 0.226 e. The van der Waals surface area contributed by atoms with Gasteiger partial charge < -0.3 is 4.74 Å². The molecule has 0 saturated heterocycles. The van der Waals surface area contributed by atoms with Crippen LogP contribution < -0.4 is 4.74 Å². The van der Waals surface area contributed by atoms with Crippen molar-refractivity contribution >= 4 is 38.4 Å². The second kappa shape index (κ2) is 7.79. The van der Waals surface area contributed by atoms with Crippen molar-refractivity contribution in [1.82, 2.24) is 4.98 Å². The lowest BCUT2D eigenvalue weighted by atomic mass is 9.94. The largest absolute Gasteiger partial charge is 0.469 e. The Morgan fingerprint density at radius 2 is 1.85 bits per heavy atom. The summed E-state index contributed by atoms with van der Waals surface area (Å²) in [6, 6.07) is 15.4. The number of ether oxygens (including phenoxy) is 1. The minimum atomic E-state index is -0.155. The van der Waals surface area contributed by atoms with Gasteiger partial charge >= 0.3 is 0 Å². The summed E-state index contributed by atoms with van der Waals surface area (Å²) in [5, 5.41) is 0.852. The summed E-state index contributed by atoms with van der Waals surface area (Å²) in [5.41, 5.74) is 2.76. The molecule has 0 saturated carbocycles. The maximum atomic E-state index is 12.5. The van der Waals surface area contributed by atoms with Crippen LogP contribution in [0.3, 0.4) is 0 Å². The van der Waals surface area contributed by atoms with Crippen molar-refractivity contribution < 1.29 is 14.3 Å². The summed E-state index contributed by atoms with van der Waals surface area (Å²) < 4.78 is 6.56. The van der Waals surface area contributed by atoms with Gasteiger partial charge in [0.25, 0.3) is 0 Å². The van der Waals surface area contributed by atoms with E-state index in [1.165, 1.54) is 6.92 Å². The van der Waals surface area contributed by atoms with E-state index in [2.05, 4.69) is 20.9 Å². The number of fused-ring (bicyclic) bond motifs is 1. The van der Waals surface area contributed by atoms with E-state index < -0.39 is 0 Å². The monoisotopic (exact) mass is 411 g/mol. The topological polar surface area (TPSA) is 56.3 Å². The number of hydrogen-bond acceptors (Lipinski definition) is 4. The number of pyridine rings is 1. The molecule has 3 rings (SSSR count). The third-order valence-electron chi connectivity index (χ3n) is 4.09. The van der Waals surface area contributed by atoms with Crippen molar-refractivity contribution in [3.05, 3.63) is 58.6 Å². The van der Waals surface area contributed by atoms with E-state index in [0.29, 0.717) is 17.5 Å². The summed E-state index contributed by atoms with van der Waals surface area (Å²) >= 11 is 3.49. The van der Waals surface area contributed by atoms with Crippen LogP contribution >= 0.6 is 15.9 Å². The molecule has 0 fully saturated rings. The normalized spacial score (nSPS) is 10.7. The van der Waals surface area contributed by atoms with E-state index in [-0.39, 0.29) is 24.1 Å². The van der Waals surface area contributed by atoms with Gasteiger partial charge in [-0.25, -0.2) is 4.98 Å². The number of nitrogens with zero attached hydrogens (tertiary/aromatic N) is 1. The lowest BCUT2D eigenvalue weighted by Gasteiger charge is -2.16. The highest BCUT2D eigenvalue weighted by molar-refractivity contribution is 9.10. The number of aromatic nitrogens is 1. The molecule has 0 aliphatic rings. The molecule has 0 bridgehead atoms. The van der Waals surface area contributed by atoms with Crippen molar-refractivity contribution in [2.45, 2.75) is 20.3 Å². The van der Waals surface area contributed by atoms with Crippen molar-refractivity contribution in [1.29, 1.82) is 0 Å². The molecule has 0 aliphatic heterocycles. The fourth-order valence-electron chi connectivity index (χ4n) is 2.80. The third-order valence-corrected chi connectivity index (χ3v) is 4.59. The Kier molecular flexibility index (Phi) is 5.47. The molecule has 0 atom stereocenters. The Morgan fingerprint density at radius 1 is 1.12 bits per heavy atom. The molecular weight excluding hydrogens is 394 g/mol. The molecule has 0 unspecified atom stereocenters. The Labute approximate surface area is 160 Å². The minimum Gasteiger partial charge on any atom is -0.469 e. The van der Waals surface area contributed by atoms with Crippen molar-refractivity contribution in [3.8, 4) is 17.0 Å². The lowest BCUT2D eigenvalue weighted by molar-refractivity contribution is -0.120. The maximum absolute atomic E-state index is 12.5. The molecule has 4 nitrogen and oxygen atoms in total. The van der Waals surface area contributed by atoms with Crippen LogP contribution in [0.1, 0.15) is 30.6 Å². The van der Waals surface area contributed by atoms with Gasteiger partial charge in [-0.1, -0.05) is 53.2 Å². The zero-order valence-electron chi connectivity index (χ0n) is 14.6. The van der Waals surface area contributed by atoms with E-state index in [4.69, 9.17) is 4.74 Å². The first-order valence-corrected chi connectivity index (χ1v) is 9.14. The molecule has 0 amide bonds. The fourth-order valence-corrected chi connectivity index (χ4v) is 3.16. The van der Waals surface area contributed by atoms with E-state index in [1.54, 1.807) is 6.92 Å². The standard InChI is InChI=1S/C21H18BrNO3/c1-3-16(25)12-26-21-19(13(2)24)20(14-7-5-4-6-8-14)17-11-15(22)9-10-18(17)23-21/h4-11H,3,12H2,1-2H3. The highest BCUT2D eigenvalue weighted by Gasteiger charge is 2.21. The average molecular weight is 412 g/mol. The summed E-state index contributed by atoms with van der Waals surface area (Å²) in [7, 11) is 0. The van der Waals surface area contributed by atoms with Gasteiger partial charge in [-0.3, -0.25) is 9.59 Å². The number of benzene rings is 2. The van der Waals surface area contributed by atoms with Gasteiger partial charge in [0, 0.05) is 21.8 Å². The SMILES string of the molecule is CCC(=O)COc1nc2ccc(Br)cc2c(-c2ccccc2)c1C(C)=O. The van der Waals surface area contributed by atoms with Gasteiger partial charge in [-0.15, -0.1) is 0 Å².